The number of benzene rings is 1. The summed E-state index contributed by atoms with van der Waals surface area (Å²) in [5, 5.41) is 8.45. The number of hydrogen-bond donors (Lipinski definition) is 2. The summed E-state index contributed by atoms with van der Waals surface area (Å²) >= 11 is 5.18. The molecule has 0 bridgehead atoms. The average molecular weight is 375 g/mol. The van der Waals surface area contributed by atoms with Gasteiger partial charge in [-0.2, -0.15) is 0 Å². The van der Waals surface area contributed by atoms with E-state index in [1.54, 1.807) is 24.3 Å². The van der Waals surface area contributed by atoms with Crippen LogP contribution in [0, 0.1) is 13.8 Å². The molecule has 0 aliphatic heterocycles. The van der Waals surface area contributed by atoms with Gasteiger partial charge in [0.05, 0.1) is 4.90 Å². The van der Waals surface area contributed by atoms with Crippen molar-refractivity contribution in [2.24, 2.45) is 5.14 Å². The number of primary sulfonamides is 1. The lowest BCUT2D eigenvalue weighted by Gasteiger charge is -2.11. The normalized spacial score (nSPS) is 11.6. The van der Waals surface area contributed by atoms with E-state index in [0.29, 0.717) is 12.1 Å². The van der Waals surface area contributed by atoms with Crippen molar-refractivity contribution in [3.63, 3.8) is 0 Å². The molecule has 0 radical (unpaired) electrons. The summed E-state index contributed by atoms with van der Waals surface area (Å²) in [6.07, 6.45) is 0. The van der Waals surface area contributed by atoms with Gasteiger partial charge in [-0.1, -0.05) is 6.07 Å². The molecule has 1 aromatic heterocycles. The molecular weight excluding hydrogens is 360 g/mol. The first-order valence-electron chi connectivity index (χ1n) is 5.90. The lowest BCUT2D eigenvalue weighted by atomic mass is 10.2. The van der Waals surface area contributed by atoms with Crippen LogP contribution in [0.2, 0.25) is 0 Å². The SMILES string of the molecule is Cc1sc(CNc2cccc(S(N)(=O)=O)c2C)cc1Br. The monoisotopic (exact) mass is 374 g/mol. The van der Waals surface area contributed by atoms with Crippen LogP contribution in [0.15, 0.2) is 33.6 Å². The van der Waals surface area contributed by atoms with Gasteiger partial charge in [0.2, 0.25) is 10.0 Å². The highest BCUT2D eigenvalue weighted by Gasteiger charge is 2.13. The number of aryl methyl sites for hydroxylation is 1. The Balaban J connectivity index is 2.22. The highest BCUT2D eigenvalue weighted by Crippen LogP contribution is 2.28. The lowest BCUT2D eigenvalue weighted by Crippen LogP contribution is -2.14. The minimum absolute atomic E-state index is 0.158. The van der Waals surface area contributed by atoms with Crippen LogP contribution in [0.25, 0.3) is 0 Å². The maximum Gasteiger partial charge on any atom is 0.238 e. The molecule has 0 unspecified atom stereocenters. The van der Waals surface area contributed by atoms with Gasteiger partial charge in [-0.15, -0.1) is 11.3 Å². The minimum atomic E-state index is -3.69. The molecule has 0 fully saturated rings. The van der Waals surface area contributed by atoms with Crippen LogP contribution in [0.1, 0.15) is 15.3 Å². The molecule has 4 nitrogen and oxygen atoms in total. The summed E-state index contributed by atoms with van der Waals surface area (Å²) < 4.78 is 24.0. The van der Waals surface area contributed by atoms with E-state index in [4.69, 9.17) is 5.14 Å². The fourth-order valence-corrected chi connectivity index (χ4v) is 4.25. The first kappa shape index (κ1) is 15.5. The largest absolute Gasteiger partial charge is 0.380 e. The first-order chi connectivity index (χ1) is 9.29. The molecule has 0 atom stereocenters. The molecule has 0 aliphatic carbocycles. The number of nitrogens with one attached hydrogen (secondary N) is 1. The molecular formula is C13H15BrN2O2S2. The second kappa shape index (κ2) is 5.85. The Hall–Kier alpha value is -0.890. The molecule has 20 heavy (non-hydrogen) atoms. The predicted molar refractivity (Wildman–Crippen MR) is 86.6 cm³/mol. The molecule has 7 heteroatoms. The third kappa shape index (κ3) is 3.41. The Labute approximate surface area is 131 Å². The van der Waals surface area contributed by atoms with Gasteiger partial charge in [-0.25, -0.2) is 13.6 Å². The van der Waals surface area contributed by atoms with Crippen LogP contribution in [0.4, 0.5) is 5.69 Å². The summed E-state index contributed by atoms with van der Waals surface area (Å²) in [6, 6.07) is 7.11. The third-order valence-corrected chi connectivity index (χ3v) is 6.14. The van der Waals surface area contributed by atoms with Gasteiger partial charge < -0.3 is 5.32 Å². The lowest BCUT2D eigenvalue weighted by molar-refractivity contribution is 0.597. The first-order valence-corrected chi connectivity index (χ1v) is 9.05. The third-order valence-electron chi connectivity index (χ3n) is 2.95. The summed E-state index contributed by atoms with van der Waals surface area (Å²) in [6.45, 7) is 4.44. The fraction of sp³-hybridized carbons (Fsp3) is 0.231. The molecule has 1 heterocycles. The molecule has 0 saturated heterocycles. The van der Waals surface area contributed by atoms with E-state index < -0.39 is 10.0 Å². The minimum Gasteiger partial charge on any atom is -0.380 e. The van der Waals surface area contributed by atoms with Crippen LogP contribution in [0.5, 0.6) is 0 Å². The zero-order valence-electron chi connectivity index (χ0n) is 11.1. The van der Waals surface area contributed by atoms with Crippen molar-refractivity contribution >= 4 is 43.0 Å². The molecule has 0 amide bonds. The Bertz CT molecular complexity index is 719. The van der Waals surface area contributed by atoms with Crippen molar-refractivity contribution in [2.75, 3.05) is 5.32 Å². The number of anilines is 1. The highest BCUT2D eigenvalue weighted by molar-refractivity contribution is 9.10. The van der Waals surface area contributed by atoms with Gasteiger partial charge in [0, 0.05) is 26.5 Å². The van der Waals surface area contributed by atoms with Crippen LogP contribution in [-0.2, 0) is 16.6 Å². The van der Waals surface area contributed by atoms with Crippen molar-refractivity contribution in [1.29, 1.82) is 0 Å². The number of halogens is 1. The van der Waals surface area contributed by atoms with Crippen molar-refractivity contribution in [3.8, 4) is 0 Å². The van der Waals surface area contributed by atoms with E-state index in [1.165, 1.54) is 15.8 Å². The standard InChI is InChI=1S/C13H15BrN2O2S2/c1-8-12(4-3-5-13(8)20(15,17)18)16-7-10-6-11(14)9(2)19-10/h3-6,16H,7H2,1-2H3,(H2,15,17,18). The second-order valence-corrected chi connectivity index (χ2v) is 8.17. The van der Waals surface area contributed by atoms with Gasteiger partial charge in [-0.3, -0.25) is 0 Å². The van der Waals surface area contributed by atoms with Gasteiger partial charge in [0.25, 0.3) is 0 Å². The molecule has 108 valence electrons. The number of rotatable bonds is 4. The smallest absolute Gasteiger partial charge is 0.238 e. The van der Waals surface area contributed by atoms with Crippen LogP contribution in [-0.4, -0.2) is 8.42 Å². The van der Waals surface area contributed by atoms with Gasteiger partial charge in [0.15, 0.2) is 0 Å². The zero-order chi connectivity index (χ0) is 14.9. The van der Waals surface area contributed by atoms with Crippen molar-refractivity contribution in [1.82, 2.24) is 0 Å². The molecule has 2 aromatic rings. The summed E-state index contributed by atoms with van der Waals surface area (Å²) in [5.74, 6) is 0. The molecule has 0 saturated carbocycles. The predicted octanol–water partition coefficient (Wildman–Crippen LogP) is 3.39. The number of thiophene rings is 1. The Morgan fingerprint density at radius 3 is 2.60 bits per heavy atom. The summed E-state index contributed by atoms with van der Waals surface area (Å²) in [4.78, 5) is 2.55. The number of hydrogen-bond acceptors (Lipinski definition) is 4. The van der Waals surface area contributed by atoms with Gasteiger partial charge in [0.1, 0.15) is 0 Å². The van der Waals surface area contributed by atoms with Crippen molar-refractivity contribution in [2.45, 2.75) is 25.3 Å². The molecule has 3 N–H and O–H groups in total. The number of sulfonamides is 1. The summed E-state index contributed by atoms with van der Waals surface area (Å²) in [5.41, 5.74) is 1.42. The highest BCUT2D eigenvalue weighted by atomic mass is 79.9. The molecule has 2 rings (SSSR count). The Kier molecular flexibility index (Phi) is 4.53. The maximum absolute atomic E-state index is 11.5. The molecule has 0 aliphatic rings. The van der Waals surface area contributed by atoms with E-state index in [2.05, 4.69) is 27.3 Å². The van der Waals surface area contributed by atoms with Crippen LogP contribution < -0.4 is 10.5 Å². The van der Waals surface area contributed by atoms with Crippen LogP contribution in [0.3, 0.4) is 0 Å². The van der Waals surface area contributed by atoms with E-state index in [9.17, 15) is 8.42 Å². The average Bonchev–Trinajstić information content (AvgIpc) is 2.66. The zero-order valence-corrected chi connectivity index (χ0v) is 14.3. The Morgan fingerprint density at radius 2 is 2.05 bits per heavy atom. The van der Waals surface area contributed by atoms with E-state index in [0.717, 1.165) is 10.2 Å². The second-order valence-electron chi connectivity index (χ2n) is 4.44. The maximum atomic E-state index is 11.5. The van der Waals surface area contributed by atoms with Crippen molar-refractivity contribution < 1.29 is 8.42 Å². The van der Waals surface area contributed by atoms with Gasteiger partial charge in [-0.05, 0) is 53.5 Å². The van der Waals surface area contributed by atoms with Crippen LogP contribution >= 0.6 is 27.3 Å². The molecule has 1 aromatic carbocycles. The topological polar surface area (TPSA) is 72.2 Å². The van der Waals surface area contributed by atoms with E-state index >= 15 is 0 Å². The van der Waals surface area contributed by atoms with Gasteiger partial charge >= 0.3 is 0 Å². The Morgan fingerprint density at radius 1 is 1.35 bits per heavy atom. The van der Waals surface area contributed by atoms with Crippen molar-refractivity contribution in [3.05, 3.63) is 44.1 Å². The fourth-order valence-electron chi connectivity index (χ4n) is 1.90. The number of nitrogens with two attached hydrogens (primary N) is 1. The quantitative estimate of drug-likeness (QED) is 0.861. The molecule has 0 spiro atoms. The summed E-state index contributed by atoms with van der Waals surface area (Å²) in [7, 11) is -3.69. The van der Waals surface area contributed by atoms with E-state index in [1.807, 2.05) is 13.0 Å². The van der Waals surface area contributed by atoms with E-state index in [-0.39, 0.29) is 4.90 Å².